The number of aliphatic hydroxyl groups excluding tert-OH is 1. The molecule has 0 bridgehead atoms. The molecule has 0 spiro atoms. The molecule has 50 valence electrons. The molecule has 0 rings (SSSR count). The maximum Gasteiger partial charge on any atom is 0.0909 e. The summed E-state index contributed by atoms with van der Waals surface area (Å²) in [4.78, 5) is 0. The summed E-state index contributed by atoms with van der Waals surface area (Å²) in [5, 5.41) is 8.26. The van der Waals surface area contributed by atoms with E-state index >= 15 is 0 Å². The Morgan fingerprint density at radius 1 is 1.50 bits per heavy atom. The number of halogens is 1. The van der Waals surface area contributed by atoms with Gasteiger partial charge in [-0.3, -0.25) is 4.39 Å². The molecule has 0 saturated carbocycles. The Hall–Kier alpha value is -0.150. The molecule has 0 fully saturated rings. The van der Waals surface area contributed by atoms with Crippen molar-refractivity contribution in [1.29, 1.82) is 0 Å². The number of aliphatic hydroxyl groups is 1. The van der Waals surface area contributed by atoms with Crippen LogP contribution in [-0.4, -0.2) is 24.4 Å². The second-order valence-electron chi connectivity index (χ2n) is 1.75. The summed E-state index contributed by atoms with van der Waals surface area (Å²) in [6.07, 6.45) is 0.866. The van der Waals surface area contributed by atoms with Crippen molar-refractivity contribution >= 4 is 0 Å². The van der Waals surface area contributed by atoms with Crippen LogP contribution >= 0.6 is 0 Å². The van der Waals surface area contributed by atoms with E-state index in [2.05, 4.69) is 0 Å². The third kappa shape index (κ3) is 4.02. The Bertz CT molecular complexity index is 45.7. The van der Waals surface area contributed by atoms with Gasteiger partial charge in [-0.15, -0.1) is 0 Å². The van der Waals surface area contributed by atoms with Crippen molar-refractivity contribution in [3.8, 4) is 0 Å². The summed E-state index contributed by atoms with van der Waals surface area (Å²) < 4.78 is 11.4. The van der Waals surface area contributed by atoms with E-state index in [0.717, 1.165) is 0 Å². The number of nitrogens with two attached hydrogens (primary N) is 1. The summed E-state index contributed by atoms with van der Waals surface area (Å²) in [6, 6.07) is -0.162. The minimum atomic E-state index is -0.388. The average Bonchev–Trinajstić information content (AvgIpc) is 1.68. The lowest BCUT2D eigenvalue weighted by Gasteiger charge is -2.04. The van der Waals surface area contributed by atoms with Crippen LogP contribution in [0.4, 0.5) is 4.39 Å². The van der Waals surface area contributed by atoms with E-state index in [0.29, 0.717) is 12.8 Å². The lowest BCUT2D eigenvalue weighted by Crippen LogP contribution is -2.21. The number of alkyl halides is 1. The monoisotopic (exact) mass is 121 g/mol. The van der Waals surface area contributed by atoms with E-state index in [4.69, 9.17) is 10.8 Å². The SMILES string of the molecule is NC(CCO)CCF. The summed E-state index contributed by atoms with van der Waals surface area (Å²) in [5.41, 5.74) is 5.29. The fraction of sp³-hybridized carbons (Fsp3) is 1.00. The van der Waals surface area contributed by atoms with Gasteiger partial charge in [-0.1, -0.05) is 0 Å². The summed E-state index contributed by atoms with van der Waals surface area (Å²) in [6.45, 7) is -0.331. The zero-order chi connectivity index (χ0) is 6.41. The van der Waals surface area contributed by atoms with Gasteiger partial charge in [0, 0.05) is 12.6 Å². The van der Waals surface area contributed by atoms with Crippen LogP contribution in [0.1, 0.15) is 12.8 Å². The highest BCUT2D eigenvalue weighted by atomic mass is 19.1. The molecular weight excluding hydrogens is 109 g/mol. The summed E-state index contributed by atoms with van der Waals surface area (Å²) in [5.74, 6) is 0. The van der Waals surface area contributed by atoms with Gasteiger partial charge < -0.3 is 10.8 Å². The Balaban J connectivity index is 2.92. The molecule has 0 aromatic rings. The highest BCUT2D eigenvalue weighted by Gasteiger charge is 1.98. The molecule has 0 aromatic heterocycles. The first-order chi connectivity index (χ1) is 3.81. The second-order valence-corrected chi connectivity index (χ2v) is 1.75. The zero-order valence-electron chi connectivity index (χ0n) is 4.81. The topological polar surface area (TPSA) is 46.2 Å². The Labute approximate surface area is 48.5 Å². The lowest BCUT2D eigenvalue weighted by molar-refractivity contribution is 0.268. The Morgan fingerprint density at radius 3 is 2.50 bits per heavy atom. The van der Waals surface area contributed by atoms with Gasteiger partial charge in [0.1, 0.15) is 0 Å². The van der Waals surface area contributed by atoms with Crippen LogP contribution in [0.3, 0.4) is 0 Å². The Morgan fingerprint density at radius 2 is 2.12 bits per heavy atom. The van der Waals surface area contributed by atoms with Gasteiger partial charge in [-0.2, -0.15) is 0 Å². The number of rotatable bonds is 4. The first kappa shape index (κ1) is 7.85. The molecular formula is C5H12FNO. The molecule has 3 N–H and O–H groups in total. The van der Waals surface area contributed by atoms with Gasteiger partial charge in [0.15, 0.2) is 0 Å². The van der Waals surface area contributed by atoms with Crippen LogP contribution in [0.15, 0.2) is 0 Å². The predicted octanol–water partition coefficient (Wildman–Crippen LogP) is 0.0557. The normalized spacial score (nSPS) is 13.9. The van der Waals surface area contributed by atoms with Crippen molar-refractivity contribution in [2.45, 2.75) is 18.9 Å². The van der Waals surface area contributed by atoms with E-state index in [1.54, 1.807) is 0 Å². The molecule has 0 aliphatic heterocycles. The smallest absolute Gasteiger partial charge is 0.0909 e. The van der Waals surface area contributed by atoms with Crippen molar-refractivity contribution in [2.24, 2.45) is 5.73 Å². The van der Waals surface area contributed by atoms with Crippen LogP contribution in [0.2, 0.25) is 0 Å². The molecule has 0 aliphatic carbocycles. The molecule has 0 aliphatic rings. The van der Waals surface area contributed by atoms with Gasteiger partial charge in [-0.25, -0.2) is 0 Å². The average molecular weight is 121 g/mol. The fourth-order valence-electron chi connectivity index (χ4n) is 0.450. The van der Waals surface area contributed by atoms with E-state index in [9.17, 15) is 4.39 Å². The summed E-state index contributed by atoms with van der Waals surface area (Å²) in [7, 11) is 0. The standard InChI is InChI=1S/C5H12FNO/c6-3-1-5(7)2-4-8/h5,8H,1-4,7H2. The van der Waals surface area contributed by atoms with E-state index < -0.39 is 0 Å². The van der Waals surface area contributed by atoms with Crippen LogP contribution in [-0.2, 0) is 0 Å². The van der Waals surface area contributed by atoms with Crippen LogP contribution in [0, 0.1) is 0 Å². The van der Waals surface area contributed by atoms with Gasteiger partial charge in [0.2, 0.25) is 0 Å². The lowest BCUT2D eigenvalue weighted by atomic mass is 10.2. The molecule has 0 saturated heterocycles. The second kappa shape index (κ2) is 5.00. The van der Waals surface area contributed by atoms with Gasteiger partial charge in [0.05, 0.1) is 6.67 Å². The van der Waals surface area contributed by atoms with Gasteiger partial charge >= 0.3 is 0 Å². The first-order valence-corrected chi connectivity index (χ1v) is 2.73. The molecule has 0 amide bonds. The van der Waals surface area contributed by atoms with Crippen molar-refractivity contribution < 1.29 is 9.50 Å². The molecule has 0 heterocycles. The van der Waals surface area contributed by atoms with Crippen molar-refractivity contribution in [3.63, 3.8) is 0 Å². The fourth-order valence-corrected chi connectivity index (χ4v) is 0.450. The Kier molecular flexibility index (Phi) is 4.90. The van der Waals surface area contributed by atoms with Crippen LogP contribution in [0.5, 0.6) is 0 Å². The van der Waals surface area contributed by atoms with Crippen LogP contribution < -0.4 is 5.73 Å². The van der Waals surface area contributed by atoms with Crippen molar-refractivity contribution in [3.05, 3.63) is 0 Å². The first-order valence-electron chi connectivity index (χ1n) is 2.73. The van der Waals surface area contributed by atoms with Crippen molar-refractivity contribution in [2.75, 3.05) is 13.3 Å². The largest absolute Gasteiger partial charge is 0.396 e. The maximum atomic E-state index is 11.4. The minimum Gasteiger partial charge on any atom is -0.396 e. The zero-order valence-corrected chi connectivity index (χ0v) is 4.81. The summed E-state index contributed by atoms with van der Waals surface area (Å²) >= 11 is 0. The van der Waals surface area contributed by atoms with E-state index in [-0.39, 0.29) is 19.3 Å². The van der Waals surface area contributed by atoms with Gasteiger partial charge in [-0.05, 0) is 12.8 Å². The molecule has 1 unspecified atom stereocenters. The molecule has 0 aromatic carbocycles. The predicted molar refractivity (Wildman–Crippen MR) is 30.3 cm³/mol. The molecule has 2 nitrogen and oxygen atoms in total. The highest BCUT2D eigenvalue weighted by Crippen LogP contribution is 1.92. The minimum absolute atomic E-state index is 0.0567. The quantitative estimate of drug-likeness (QED) is 0.552. The number of hydrogen-bond acceptors (Lipinski definition) is 2. The molecule has 8 heavy (non-hydrogen) atoms. The third-order valence-electron chi connectivity index (χ3n) is 0.980. The van der Waals surface area contributed by atoms with Crippen molar-refractivity contribution in [1.82, 2.24) is 0 Å². The molecule has 3 heteroatoms. The third-order valence-corrected chi connectivity index (χ3v) is 0.980. The molecule has 1 atom stereocenters. The highest BCUT2D eigenvalue weighted by molar-refractivity contribution is 4.58. The van der Waals surface area contributed by atoms with E-state index in [1.807, 2.05) is 0 Å². The maximum absolute atomic E-state index is 11.4. The molecule has 0 radical (unpaired) electrons. The number of hydrogen-bond donors (Lipinski definition) is 2. The van der Waals surface area contributed by atoms with Crippen LogP contribution in [0.25, 0.3) is 0 Å². The van der Waals surface area contributed by atoms with E-state index in [1.165, 1.54) is 0 Å². The van der Waals surface area contributed by atoms with Gasteiger partial charge in [0.25, 0.3) is 0 Å².